The molecule has 0 aromatic heterocycles. The van der Waals surface area contributed by atoms with Crippen LogP contribution < -0.4 is 0 Å². The molecule has 1 aromatic carbocycles. The van der Waals surface area contributed by atoms with Crippen LogP contribution in [0.2, 0.25) is 0 Å². The van der Waals surface area contributed by atoms with Crippen molar-refractivity contribution in [2.75, 3.05) is 26.7 Å². The molecule has 2 heterocycles. The van der Waals surface area contributed by atoms with Gasteiger partial charge in [0.1, 0.15) is 0 Å². The first-order chi connectivity index (χ1) is 10.6. The molecule has 116 valence electrons. The van der Waals surface area contributed by atoms with E-state index in [1.807, 2.05) is 0 Å². The maximum Gasteiger partial charge on any atom is 0.254 e. The lowest BCUT2D eigenvalue weighted by atomic mass is 9.87. The van der Waals surface area contributed by atoms with Crippen LogP contribution in [0.15, 0.2) is 24.3 Å². The van der Waals surface area contributed by atoms with Crippen molar-refractivity contribution in [3.8, 4) is 6.07 Å². The molecule has 2 aliphatic rings. The van der Waals surface area contributed by atoms with Gasteiger partial charge in [-0.05, 0) is 70.0 Å². The van der Waals surface area contributed by atoms with Gasteiger partial charge in [0.05, 0.1) is 11.6 Å². The zero-order valence-corrected chi connectivity index (χ0v) is 13.2. The van der Waals surface area contributed by atoms with Crippen molar-refractivity contribution in [1.82, 2.24) is 9.80 Å². The highest BCUT2D eigenvalue weighted by Crippen LogP contribution is 2.39. The van der Waals surface area contributed by atoms with Crippen LogP contribution in [0, 0.1) is 11.3 Å². The summed E-state index contributed by atoms with van der Waals surface area (Å²) >= 11 is 0. The SMILES string of the molecule is CN1CCCC2(CCCN2C(=O)c2ccc(C#N)cc2)CC1. The molecule has 4 nitrogen and oxygen atoms in total. The summed E-state index contributed by atoms with van der Waals surface area (Å²) in [5, 5.41) is 8.88. The van der Waals surface area contributed by atoms with E-state index in [2.05, 4.69) is 22.9 Å². The van der Waals surface area contributed by atoms with E-state index in [0.29, 0.717) is 11.1 Å². The van der Waals surface area contributed by atoms with Crippen molar-refractivity contribution in [3.63, 3.8) is 0 Å². The molecule has 22 heavy (non-hydrogen) atoms. The highest BCUT2D eigenvalue weighted by Gasteiger charge is 2.43. The quantitative estimate of drug-likeness (QED) is 0.800. The van der Waals surface area contributed by atoms with E-state index in [1.54, 1.807) is 24.3 Å². The van der Waals surface area contributed by atoms with Crippen LogP contribution in [0.4, 0.5) is 0 Å². The minimum Gasteiger partial charge on any atom is -0.333 e. The molecule has 4 heteroatoms. The Morgan fingerprint density at radius 2 is 1.77 bits per heavy atom. The highest BCUT2D eigenvalue weighted by atomic mass is 16.2. The molecule has 1 amide bonds. The Morgan fingerprint density at radius 1 is 1.09 bits per heavy atom. The molecule has 0 aliphatic carbocycles. The van der Waals surface area contributed by atoms with Gasteiger partial charge in [0, 0.05) is 24.2 Å². The number of hydrogen-bond donors (Lipinski definition) is 0. The smallest absolute Gasteiger partial charge is 0.254 e. The van der Waals surface area contributed by atoms with E-state index in [1.165, 1.54) is 0 Å². The van der Waals surface area contributed by atoms with Gasteiger partial charge in [-0.1, -0.05) is 0 Å². The number of amides is 1. The first-order valence-corrected chi connectivity index (χ1v) is 8.15. The summed E-state index contributed by atoms with van der Waals surface area (Å²) in [5.41, 5.74) is 1.36. The van der Waals surface area contributed by atoms with Gasteiger partial charge in [0.2, 0.25) is 0 Å². The van der Waals surface area contributed by atoms with Crippen LogP contribution in [0.1, 0.15) is 48.0 Å². The lowest BCUT2D eigenvalue weighted by Crippen LogP contribution is -2.47. The molecule has 2 fully saturated rings. The Labute approximate surface area is 132 Å². The summed E-state index contributed by atoms with van der Waals surface area (Å²) in [7, 11) is 2.17. The van der Waals surface area contributed by atoms with Crippen molar-refractivity contribution in [2.45, 2.75) is 37.6 Å². The topological polar surface area (TPSA) is 47.3 Å². The monoisotopic (exact) mass is 297 g/mol. The molecule has 0 radical (unpaired) electrons. The molecule has 2 saturated heterocycles. The minimum atomic E-state index is 0.0513. The third-order valence-electron chi connectivity index (χ3n) is 5.24. The van der Waals surface area contributed by atoms with Crippen LogP contribution in [0.5, 0.6) is 0 Å². The van der Waals surface area contributed by atoms with Gasteiger partial charge >= 0.3 is 0 Å². The number of carbonyl (C=O) groups excluding carboxylic acids is 1. The van der Waals surface area contributed by atoms with E-state index in [9.17, 15) is 4.79 Å². The van der Waals surface area contributed by atoms with Crippen LogP contribution in [0.3, 0.4) is 0 Å². The molecule has 3 rings (SSSR count). The van der Waals surface area contributed by atoms with Crippen molar-refractivity contribution >= 4 is 5.91 Å². The number of nitriles is 1. The van der Waals surface area contributed by atoms with Gasteiger partial charge in [0.15, 0.2) is 0 Å². The summed E-state index contributed by atoms with van der Waals surface area (Å²) < 4.78 is 0. The molecule has 1 atom stereocenters. The van der Waals surface area contributed by atoms with E-state index in [0.717, 1.165) is 51.7 Å². The molecule has 1 unspecified atom stereocenters. The Hall–Kier alpha value is -1.86. The van der Waals surface area contributed by atoms with Gasteiger partial charge in [-0.2, -0.15) is 5.26 Å². The second-order valence-electron chi connectivity index (χ2n) is 6.63. The van der Waals surface area contributed by atoms with Crippen LogP contribution >= 0.6 is 0 Å². The maximum atomic E-state index is 12.9. The lowest BCUT2D eigenvalue weighted by Gasteiger charge is -2.38. The minimum absolute atomic E-state index is 0.0513. The van der Waals surface area contributed by atoms with Gasteiger partial charge in [0.25, 0.3) is 5.91 Å². The van der Waals surface area contributed by atoms with Gasteiger partial charge in [-0.25, -0.2) is 0 Å². The van der Waals surface area contributed by atoms with Crippen molar-refractivity contribution in [2.24, 2.45) is 0 Å². The number of likely N-dealkylation sites (tertiary alicyclic amines) is 2. The Morgan fingerprint density at radius 3 is 2.45 bits per heavy atom. The zero-order chi connectivity index (χ0) is 15.6. The summed E-state index contributed by atoms with van der Waals surface area (Å²) in [6.07, 6.45) is 5.58. The van der Waals surface area contributed by atoms with E-state index < -0.39 is 0 Å². The normalized spacial score (nSPS) is 25.9. The van der Waals surface area contributed by atoms with Crippen molar-refractivity contribution in [1.29, 1.82) is 5.26 Å². The maximum absolute atomic E-state index is 12.9. The van der Waals surface area contributed by atoms with Gasteiger partial charge < -0.3 is 9.80 Å². The molecule has 1 spiro atoms. The predicted molar refractivity (Wildman–Crippen MR) is 85.5 cm³/mol. The third-order valence-corrected chi connectivity index (χ3v) is 5.24. The summed E-state index contributed by atoms with van der Waals surface area (Å²) in [4.78, 5) is 17.4. The zero-order valence-electron chi connectivity index (χ0n) is 13.2. The van der Waals surface area contributed by atoms with Crippen LogP contribution in [-0.4, -0.2) is 47.9 Å². The second-order valence-corrected chi connectivity index (χ2v) is 6.63. The molecular weight excluding hydrogens is 274 g/mol. The first-order valence-electron chi connectivity index (χ1n) is 8.15. The van der Waals surface area contributed by atoms with Gasteiger partial charge in [-0.15, -0.1) is 0 Å². The summed E-state index contributed by atoms with van der Waals surface area (Å²) in [6, 6.07) is 9.14. The number of carbonyl (C=O) groups is 1. The van der Waals surface area contributed by atoms with E-state index in [4.69, 9.17) is 5.26 Å². The fourth-order valence-corrected chi connectivity index (χ4v) is 3.93. The highest BCUT2D eigenvalue weighted by molar-refractivity contribution is 5.95. The summed E-state index contributed by atoms with van der Waals surface area (Å²) in [5.74, 6) is 0.131. The average Bonchev–Trinajstić information content (AvgIpc) is 2.86. The average molecular weight is 297 g/mol. The number of benzene rings is 1. The number of hydrogen-bond acceptors (Lipinski definition) is 3. The van der Waals surface area contributed by atoms with Crippen molar-refractivity contribution < 1.29 is 4.79 Å². The number of nitrogens with zero attached hydrogens (tertiary/aromatic N) is 3. The van der Waals surface area contributed by atoms with Crippen molar-refractivity contribution in [3.05, 3.63) is 35.4 Å². The van der Waals surface area contributed by atoms with E-state index in [-0.39, 0.29) is 11.4 Å². The molecule has 0 N–H and O–H groups in total. The lowest BCUT2D eigenvalue weighted by molar-refractivity contribution is 0.0560. The Bertz CT molecular complexity index is 589. The molecule has 1 aromatic rings. The standard InChI is InChI=1S/C18H23N3O/c1-20-11-2-8-18(10-13-20)9-3-12-21(18)17(22)16-6-4-15(14-19)5-7-16/h4-7H,2-3,8-13H2,1H3. The molecule has 2 aliphatic heterocycles. The molecule has 0 saturated carbocycles. The molecular formula is C18H23N3O. The van der Waals surface area contributed by atoms with Crippen LogP contribution in [0.25, 0.3) is 0 Å². The third kappa shape index (κ3) is 2.74. The van der Waals surface area contributed by atoms with E-state index >= 15 is 0 Å². The fourth-order valence-electron chi connectivity index (χ4n) is 3.93. The largest absolute Gasteiger partial charge is 0.333 e. The van der Waals surface area contributed by atoms with Gasteiger partial charge in [-0.3, -0.25) is 4.79 Å². The fraction of sp³-hybridized carbons (Fsp3) is 0.556. The summed E-state index contributed by atoms with van der Waals surface area (Å²) in [6.45, 7) is 3.06. The van der Waals surface area contributed by atoms with Crippen LogP contribution in [-0.2, 0) is 0 Å². The first kappa shape index (κ1) is 15.1. The second kappa shape index (κ2) is 6.10. The predicted octanol–water partition coefficient (Wildman–Crippen LogP) is 2.65. The Kier molecular flexibility index (Phi) is 4.17. The number of rotatable bonds is 1. The molecule has 0 bridgehead atoms. The Balaban J connectivity index is 1.82.